The van der Waals surface area contributed by atoms with Crippen LogP contribution in [0.1, 0.15) is 50.9 Å². The number of carbonyl (C=O) groups is 1. The number of hydrogen-bond donors (Lipinski definition) is 1. The van der Waals surface area contributed by atoms with Crippen molar-refractivity contribution in [3.8, 4) is 0 Å². The number of nitrogens with zero attached hydrogens (tertiary/aromatic N) is 3. The summed E-state index contributed by atoms with van der Waals surface area (Å²) in [5.41, 5.74) is 0. The van der Waals surface area contributed by atoms with Gasteiger partial charge in [-0.15, -0.1) is 10.2 Å². The van der Waals surface area contributed by atoms with Gasteiger partial charge in [-0.25, -0.2) is 0 Å². The van der Waals surface area contributed by atoms with Crippen molar-refractivity contribution < 1.29 is 4.79 Å². The zero-order valence-electron chi connectivity index (χ0n) is 11.7. The van der Waals surface area contributed by atoms with Gasteiger partial charge in [0.05, 0.1) is 6.04 Å². The fourth-order valence-electron chi connectivity index (χ4n) is 3.91. The zero-order chi connectivity index (χ0) is 13.4. The van der Waals surface area contributed by atoms with Crippen LogP contribution in [0.4, 0.5) is 0 Å². The van der Waals surface area contributed by atoms with E-state index < -0.39 is 0 Å². The lowest BCUT2D eigenvalue weighted by molar-refractivity contribution is -0.123. The monoisotopic (exact) mass is 262 g/mol. The fourth-order valence-corrected chi connectivity index (χ4v) is 3.91. The van der Waals surface area contributed by atoms with E-state index in [-0.39, 0.29) is 11.9 Å². The summed E-state index contributed by atoms with van der Waals surface area (Å²) in [6.45, 7) is 1.96. The molecule has 0 saturated heterocycles. The zero-order valence-corrected chi connectivity index (χ0v) is 11.7. The summed E-state index contributed by atoms with van der Waals surface area (Å²) in [5, 5.41) is 10.9. The lowest BCUT2D eigenvalue weighted by Gasteiger charge is -2.22. The number of rotatable bonds is 4. The second-order valence-corrected chi connectivity index (χ2v) is 6.23. The number of fused-ring (bicyclic) bond motifs is 2. The molecule has 1 heterocycles. The van der Waals surface area contributed by atoms with E-state index in [1.165, 1.54) is 25.7 Å². The molecule has 5 heteroatoms. The van der Waals surface area contributed by atoms with Gasteiger partial charge < -0.3 is 9.88 Å². The molecule has 5 nitrogen and oxygen atoms in total. The Morgan fingerprint density at radius 1 is 1.53 bits per heavy atom. The van der Waals surface area contributed by atoms with Crippen molar-refractivity contribution in [3.05, 3.63) is 12.2 Å². The first-order valence-electron chi connectivity index (χ1n) is 7.26. The normalized spacial score (nSPS) is 30.5. The van der Waals surface area contributed by atoms with Gasteiger partial charge in [0, 0.05) is 13.5 Å². The molecule has 0 radical (unpaired) electrons. The lowest BCUT2D eigenvalue weighted by atomic mass is 9.86. The van der Waals surface area contributed by atoms with Gasteiger partial charge in [-0.3, -0.25) is 4.79 Å². The summed E-state index contributed by atoms with van der Waals surface area (Å²) in [6.07, 6.45) is 7.68. The molecule has 1 N–H and O–H groups in total. The van der Waals surface area contributed by atoms with Crippen LogP contribution in [0, 0.1) is 17.8 Å². The number of hydrogen-bond acceptors (Lipinski definition) is 3. The highest BCUT2D eigenvalue weighted by Gasteiger charge is 2.40. The van der Waals surface area contributed by atoms with E-state index in [9.17, 15) is 4.79 Å². The third-order valence-electron chi connectivity index (χ3n) is 4.84. The van der Waals surface area contributed by atoms with Crippen molar-refractivity contribution in [2.24, 2.45) is 24.8 Å². The SMILES string of the molecule is C[C@H](NC(=O)C[C@H]1C[C@H]2CC[C@H]1C2)c1nncn1C. The van der Waals surface area contributed by atoms with Crippen molar-refractivity contribution in [3.63, 3.8) is 0 Å². The van der Waals surface area contributed by atoms with Gasteiger partial charge in [0.1, 0.15) is 6.33 Å². The predicted molar refractivity (Wildman–Crippen MR) is 71.1 cm³/mol. The Kier molecular flexibility index (Phi) is 3.29. The average Bonchev–Trinajstić information content (AvgIpc) is 3.04. The van der Waals surface area contributed by atoms with Gasteiger partial charge >= 0.3 is 0 Å². The summed E-state index contributed by atoms with van der Waals surface area (Å²) in [5.74, 6) is 3.29. The number of aryl methyl sites for hydroxylation is 1. The topological polar surface area (TPSA) is 59.8 Å². The van der Waals surface area contributed by atoms with E-state index in [0.717, 1.165) is 17.7 Å². The van der Waals surface area contributed by atoms with Gasteiger partial charge in [0.2, 0.25) is 5.91 Å². The molecular weight excluding hydrogens is 240 g/mol. The van der Waals surface area contributed by atoms with E-state index in [1.54, 1.807) is 6.33 Å². The molecule has 2 aliphatic carbocycles. The number of nitrogens with one attached hydrogen (secondary N) is 1. The molecule has 2 fully saturated rings. The third-order valence-corrected chi connectivity index (χ3v) is 4.84. The number of aromatic nitrogens is 3. The highest BCUT2D eigenvalue weighted by Crippen LogP contribution is 2.49. The van der Waals surface area contributed by atoms with E-state index in [0.29, 0.717) is 12.3 Å². The van der Waals surface area contributed by atoms with Gasteiger partial charge in [-0.2, -0.15) is 0 Å². The third kappa shape index (κ3) is 2.51. The van der Waals surface area contributed by atoms with Gasteiger partial charge in [-0.1, -0.05) is 6.42 Å². The summed E-state index contributed by atoms with van der Waals surface area (Å²) >= 11 is 0. The van der Waals surface area contributed by atoms with Crippen molar-refractivity contribution in [2.45, 2.75) is 45.1 Å². The summed E-state index contributed by atoms with van der Waals surface area (Å²) in [6, 6.07) is -0.0707. The molecule has 0 unspecified atom stereocenters. The van der Waals surface area contributed by atoms with Crippen molar-refractivity contribution >= 4 is 5.91 Å². The molecule has 1 aromatic rings. The van der Waals surface area contributed by atoms with Crippen LogP contribution in [0.2, 0.25) is 0 Å². The summed E-state index contributed by atoms with van der Waals surface area (Å²) in [7, 11) is 1.90. The molecule has 0 aliphatic heterocycles. The van der Waals surface area contributed by atoms with E-state index in [2.05, 4.69) is 15.5 Å². The van der Waals surface area contributed by atoms with Crippen LogP contribution >= 0.6 is 0 Å². The standard InChI is InChI=1S/C14H22N4O/c1-9(14-17-15-8-18(14)2)16-13(19)7-12-6-10-3-4-11(12)5-10/h8-12H,3-7H2,1-2H3,(H,16,19)/t9-,10-,11-,12+/m0/s1. The molecule has 3 rings (SSSR count). The molecule has 1 aromatic heterocycles. The minimum absolute atomic E-state index is 0.0707. The van der Waals surface area contributed by atoms with Crippen molar-refractivity contribution in [1.29, 1.82) is 0 Å². The molecule has 2 bridgehead atoms. The quantitative estimate of drug-likeness (QED) is 0.900. The van der Waals surface area contributed by atoms with Crippen LogP contribution in [0.25, 0.3) is 0 Å². The van der Waals surface area contributed by atoms with E-state index >= 15 is 0 Å². The van der Waals surface area contributed by atoms with Gasteiger partial charge in [-0.05, 0) is 43.9 Å². The first-order valence-corrected chi connectivity index (χ1v) is 7.26. The van der Waals surface area contributed by atoms with E-state index in [1.807, 2.05) is 18.5 Å². The molecule has 4 atom stereocenters. The number of carbonyl (C=O) groups excluding carboxylic acids is 1. The Bertz CT molecular complexity index is 470. The summed E-state index contributed by atoms with van der Waals surface area (Å²) in [4.78, 5) is 12.1. The van der Waals surface area contributed by atoms with Crippen LogP contribution < -0.4 is 5.32 Å². The Morgan fingerprint density at radius 2 is 2.37 bits per heavy atom. The maximum Gasteiger partial charge on any atom is 0.220 e. The maximum atomic E-state index is 12.1. The molecular formula is C14H22N4O. The minimum Gasteiger partial charge on any atom is -0.346 e. The Balaban J connectivity index is 1.53. The first-order chi connectivity index (χ1) is 9.13. The highest BCUT2D eigenvalue weighted by molar-refractivity contribution is 5.76. The molecule has 19 heavy (non-hydrogen) atoms. The van der Waals surface area contributed by atoms with Crippen LogP contribution in [0.15, 0.2) is 6.33 Å². The Labute approximate surface area is 113 Å². The minimum atomic E-state index is -0.0707. The van der Waals surface area contributed by atoms with Gasteiger partial charge in [0.15, 0.2) is 5.82 Å². The van der Waals surface area contributed by atoms with E-state index in [4.69, 9.17) is 0 Å². The molecule has 2 aliphatic rings. The Hall–Kier alpha value is -1.39. The van der Waals surface area contributed by atoms with Gasteiger partial charge in [0.25, 0.3) is 0 Å². The summed E-state index contributed by atoms with van der Waals surface area (Å²) < 4.78 is 1.85. The van der Waals surface area contributed by atoms with Crippen LogP contribution in [0.5, 0.6) is 0 Å². The predicted octanol–water partition coefficient (Wildman–Crippen LogP) is 1.82. The molecule has 0 aromatic carbocycles. The molecule has 2 saturated carbocycles. The lowest BCUT2D eigenvalue weighted by Crippen LogP contribution is -2.30. The largest absolute Gasteiger partial charge is 0.346 e. The molecule has 104 valence electrons. The second kappa shape index (κ2) is 4.94. The Morgan fingerprint density at radius 3 is 2.95 bits per heavy atom. The number of amides is 1. The second-order valence-electron chi connectivity index (χ2n) is 6.23. The van der Waals surface area contributed by atoms with Crippen LogP contribution in [-0.4, -0.2) is 20.7 Å². The first kappa shape index (κ1) is 12.6. The molecule has 0 spiro atoms. The molecule has 1 amide bonds. The fraction of sp³-hybridized carbons (Fsp3) is 0.786. The smallest absolute Gasteiger partial charge is 0.220 e. The van der Waals surface area contributed by atoms with Crippen LogP contribution in [-0.2, 0) is 11.8 Å². The highest BCUT2D eigenvalue weighted by atomic mass is 16.1. The van der Waals surface area contributed by atoms with Crippen molar-refractivity contribution in [2.75, 3.05) is 0 Å². The van der Waals surface area contributed by atoms with Crippen molar-refractivity contribution in [1.82, 2.24) is 20.1 Å². The maximum absolute atomic E-state index is 12.1. The average molecular weight is 262 g/mol. The van der Waals surface area contributed by atoms with Crippen LogP contribution in [0.3, 0.4) is 0 Å².